The molecule has 4 heteroatoms. The number of aromatic nitrogens is 3. The smallest absolute Gasteiger partial charge is 0.0650 e. The largest absolute Gasteiger partial charge is 0.351 e. The van der Waals surface area contributed by atoms with Crippen LogP contribution in [-0.2, 0) is 19.6 Å². The van der Waals surface area contributed by atoms with Crippen LogP contribution in [0.2, 0.25) is 0 Å². The van der Waals surface area contributed by atoms with E-state index in [0.29, 0.717) is 0 Å². The van der Waals surface area contributed by atoms with Gasteiger partial charge in [0.25, 0.3) is 0 Å². The molecule has 0 aliphatic rings. The molecule has 2 N–H and O–H groups in total. The van der Waals surface area contributed by atoms with E-state index in [9.17, 15) is 0 Å². The van der Waals surface area contributed by atoms with Gasteiger partial charge < -0.3 is 9.88 Å². The van der Waals surface area contributed by atoms with Crippen molar-refractivity contribution in [2.45, 2.75) is 26.6 Å². The van der Waals surface area contributed by atoms with Crippen molar-refractivity contribution in [1.29, 1.82) is 0 Å². The fourth-order valence-electron chi connectivity index (χ4n) is 2.47. The number of aryl methyl sites for hydroxylation is 1. The highest BCUT2D eigenvalue weighted by atomic mass is 15.1. The first-order valence-corrected chi connectivity index (χ1v) is 7.30. The Labute approximate surface area is 124 Å². The summed E-state index contributed by atoms with van der Waals surface area (Å²) >= 11 is 0. The Balaban J connectivity index is 1.56. The maximum absolute atomic E-state index is 3.98. The van der Waals surface area contributed by atoms with Gasteiger partial charge in [0.1, 0.15) is 0 Å². The summed E-state index contributed by atoms with van der Waals surface area (Å²) in [6.07, 6.45) is 3.89. The molecule has 2 aromatic heterocycles. The van der Waals surface area contributed by atoms with Gasteiger partial charge in [-0.25, -0.2) is 0 Å². The molecule has 0 spiro atoms. The maximum atomic E-state index is 3.98. The fourth-order valence-corrected chi connectivity index (χ4v) is 2.47. The minimum Gasteiger partial charge on any atom is -0.351 e. The Morgan fingerprint density at radius 3 is 2.67 bits per heavy atom. The van der Waals surface area contributed by atoms with Gasteiger partial charge in [-0.15, -0.1) is 0 Å². The Hall–Kier alpha value is -2.33. The first kappa shape index (κ1) is 13.6. The van der Waals surface area contributed by atoms with Gasteiger partial charge in [0.2, 0.25) is 0 Å². The number of benzene rings is 1. The third-order valence-corrected chi connectivity index (χ3v) is 3.67. The zero-order valence-electron chi connectivity index (χ0n) is 12.2. The number of nitrogens with zero attached hydrogens (tertiary/aromatic N) is 2. The van der Waals surface area contributed by atoms with Crippen LogP contribution in [0.25, 0.3) is 11.3 Å². The van der Waals surface area contributed by atoms with Crippen molar-refractivity contribution in [3.63, 3.8) is 0 Å². The van der Waals surface area contributed by atoms with Crippen molar-refractivity contribution < 1.29 is 0 Å². The number of hydrogen-bond donors (Lipinski definition) is 2. The summed E-state index contributed by atoms with van der Waals surface area (Å²) in [5, 5.41) is 10.4. The lowest BCUT2D eigenvalue weighted by Crippen LogP contribution is -2.15. The number of hydrogen-bond acceptors (Lipinski definition) is 2. The molecule has 1 aromatic carbocycles. The second kappa shape index (κ2) is 6.41. The highest BCUT2D eigenvalue weighted by Gasteiger charge is 2.01. The van der Waals surface area contributed by atoms with E-state index in [1.54, 1.807) is 6.20 Å². The van der Waals surface area contributed by atoms with Gasteiger partial charge in [-0.3, -0.25) is 5.10 Å². The molecule has 0 amide bonds. The van der Waals surface area contributed by atoms with Crippen molar-refractivity contribution in [2.24, 2.45) is 0 Å². The van der Waals surface area contributed by atoms with Gasteiger partial charge in [0.05, 0.1) is 5.69 Å². The van der Waals surface area contributed by atoms with Crippen LogP contribution in [0.5, 0.6) is 0 Å². The minimum atomic E-state index is 0.873. The molecule has 0 aliphatic carbocycles. The number of rotatable bonds is 6. The number of H-pyrrole nitrogens is 1. The normalized spacial score (nSPS) is 10.9. The van der Waals surface area contributed by atoms with Gasteiger partial charge >= 0.3 is 0 Å². The van der Waals surface area contributed by atoms with Gasteiger partial charge in [-0.1, -0.05) is 24.3 Å². The molecule has 4 nitrogen and oxygen atoms in total. The summed E-state index contributed by atoms with van der Waals surface area (Å²) in [5.74, 6) is 0. The second-order valence-corrected chi connectivity index (χ2v) is 5.06. The lowest BCUT2D eigenvalue weighted by molar-refractivity contribution is 0.629. The van der Waals surface area contributed by atoms with Crippen LogP contribution in [0.1, 0.15) is 18.2 Å². The van der Waals surface area contributed by atoms with E-state index < -0.39 is 0 Å². The molecule has 3 rings (SSSR count). The predicted molar refractivity (Wildman–Crippen MR) is 84.7 cm³/mol. The van der Waals surface area contributed by atoms with E-state index in [2.05, 4.69) is 69.6 Å². The predicted octanol–water partition coefficient (Wildman–Crippen LogP) is 3.19. The third-order valence-electron chi connectivity index (χ3n) is 3.67. The molecule has 0 atom stereocenters. The topological polar surface area (TPSA) is 45.6 Å². The van der Waals surface area contributed by atoms with Crippen LogP contribution < -0.4 is 5.32 Å². The van der Waals surface area contributed by atoms with E-state index in [1.807, 2.05) is 6.07 Å². The molecule has 0 bridgehead atoms. The van der Waals surface area contributed by atoms with Gasteiger partial charge in [0, 0.05) is 37.7 Å². The van der Waals surface area contributed by atoms with Crippen LogP contribution >= 0.6 is 0 Å². The Morgan fingerprint density at radius 1 is 1.10 bits per heavy atom. The van der Waals surface area contributed by atoms with Crippen molar-refractivity contribution in [3.8, 4) is 11.3 Å². The maximum Gasteiger partial charge on any atom is 0.0650 e. The van der Waals surface area contributed by atoms with Crippen LogP contribution in [0, 0.1) is 0 Å². The lowest BCUT2D eigenvalue weighted by Gasteiger charge is -2.08. The SMILES string of the molecule is CCn1cccc1CNCc1ccc(-c2ccn[nH]2)cc1. The third kappa shape index (κ3) is 3.23. The highest BCUT2D eigenvalue weighted by Crippen LogP contribution is 2.16. The second-order valence-electron chi connectivity index (χ2n) is 5.06. The van der Waals surface area contributed by atoms with Crippen molar-refractivity contribution in [2.75, 3.05) is 0 Å². The van der Waals surface area contributed by atoms with Gasteiger partial charge in [-0.05, 0) is 36.2 Å². The summed E-state index contributed by atoms with van der Waals surface area (Å²) < 4.78 is 2.26. The first-order chi connectivity index (χ1) is 10.4. The Bertz CT molecular complexity index is 665. The molecule has 2 heterocycles. The average molecular weight is 280 g/mol. The number of nitrogens with one attached hydrogen (secondary N) is 2. The molecule has 0 saturated heterocycles. The standard InChI is InChI=1S/C17H20N4/c1-2-21-11-3-4-16(21)13-18-12-14-5-7-15(8-6-14)17-9-10-19-20-17/h3-11,18H,2,12-13H2,1H3,(H,19,20). The van der Waals surface area contributed by atoms with Crippen LogP contribution in [0.15, 0.2) is 54.9 Å². The molecule has 0 saturated carbocycles. The van der Waals surface area contributed by atoms with Crippen LogP contribution in [-0.4, -0.2) is 14.8 Å². The summed E-state index contributed by atoms with van der Waals surface area (Å²) in [6, 6.07) is 14.8. The fraction of sp³-hybridized carbons (Fsp3) is 0.235. The first-order valence-electron chi connectivity index (χ1n) is 7.30. The van der Waals surface area contributed by atoms with Gasteiger partial charge in [-0.2, -0.15) is 5.10 Å². The molecule has 0 fully saturated rings. The zero-order chi connectivity index (χ0) is 14.5. The zero-order valence-corrected chi connectivity index (χ0v) is 12.2. The Kier molecular flexibility index (Phi) is 4.17. The van der Waals surface area contributed by atoms with E-state index in [-0.39, 0.29) is 0 Å². The summed E-state index contributed by atoms with van der Waals surface area (Å²) in [5.41, 5.74) is 4.82. The number of aromatic amines is 1. The molecule has 108 valence electrons. The monoisotopic (exact) mass is 280 g/mol. The average Bonchev–Trinajstić information content (AvgIpc) is 3.19. The van der Waals surface area contributed by atoms with Gasteiger partial charge in [0.15, 0.2) is 0 Å². The summed E-state index contributed by atoms with van der Waals surface area (Å²) in [4.78, 5) is 0. The van der Waals surface area contributed by atoms with Crippen molar-refractivity contribution in [1.82, 2.24) is 20.1 Å². The molecule has 3 aromatic rings. The lowest BCUT2D eigenvalue weighted by atomic mass is 10.1. The van der Waals surface area contributed by atoms with Crippen molar-refractivity contribution in [3.05, 3.63) is 66.1 Å². The van der Waals surface area contributed by atoms with E-state index in [1.165, 1.54) is 11.3 Å². The van der Waals surface area contributed by atoms with Crippen molar-refractivity contribution >= 4 is 0 Å². The van der Waals surface area contributed by atoms with E-state index in [0.717, 1.165) is 30.9 Å². The molecule has 21 heavy (non-hydrogen) atoms. The molecule has 0 unspecified atom stereocenters. The molecular weight excluding hydrogens is 260 g/mol. The quantitative estimate of drug-likeness (QED) is 0.728. The molecule has 0 aliphatic heterocycles. The minimum absolute atomic E-state index is 0.873. The molecular formula is C17H20N4. The summed E-state index contributed by atoms with van der Waals surface area (Å²) in [7, 11) is 0. The van der Waals surface area contributed by atoms with E-state index >= 15 is 0 Å². The Morgan fingerprint density at radius 2 is 1.95 bits per heavy atom. The highest BCUT2D eigenvalue weighted by molar-refractivity contribution is 5.58. The van der Waals surface area contributed by atoms with E-state index in [4.69, 9.17) is 0 Å². The van der Waals surface area contributed by atoms with Crippen LogP contribution in [0.3, 0.4) is 0 Å². The van der Waals surface area contributed by atoms with Crippen LogP contribution in [0.4, 0.5) is 0 Å². The molecule has 0 radical (unpaired) electrons. The summed E-state index contributed by atoms with van der Waals surface area (Å²) in [6.45, 7) is 4.95.